The van der Waals surface area contributed by atoms with Crippen molar-refractivity contribution in [3.05, 3.63) is 29.3 Å². The quantitative estimate of drug-likeness (QED) is 0.875. The van der Waals surface area contributed by atoms with E-state index in [2.05, 4.69) is 0 Å². The first-order chi connectivity index (χ1) is 9.11. The van der Waals surface area contributed by atoms with Crippen LogP contribution in [0.25, 0.3) is 0 Å². The Morgan fingerprint density at radius 3 is 2.89 bits per heavy atom. The van der Waals surface area contributed by atoms with E-state index in [9.17, 15) is 9.59 Å². The lowest BCUT2D eigenvalue weighted by atomic mass is 10.1. The summed E-state index contributed by atoms with van der Waals surface area (Å²) in [6.07, 6.45) is 1.52. The molecule has 0 saturated heterocycles. The molecule has 1 aliphatic rings. The van der Waals surface area contributed by atoms with E-state index in [0.717, 1.165) is 24.2 Å². The Morgan fingerprint density at radius 2 is 2.21 bits per heavy atom. The predicted octanol–water partition coefficient (Wildman–Crippen LogP) is 1.56. The molecule has 5 heteroatoms. The molecular weight excluding hydrogens is 246 g/mol. The summed E-state index contributed by atoms with van der Waals surface area (Å²) in [6.45, 7) is 2.73. The molecule has 5 nitrogen and oxygen atoms in total. The van der Waals surface area contributed by atoms with Gasteiger partial charge >= 0.3 is 5.97 Å². The van der Waals surface area contributed by atoms with Crippen LogP contribution in [0.1, 0.15) is 29.3 Å². The minimum atomic E-state index is -0.994. The summed E-state index contributed by atoms with van der Waals surface area (Å²) in [5.74, 6) is -0.415. The zero-order valence-electron chi connectivity index (χ0n) is 10.9. The number of carboxylic acids is 1. The van der Waals surface area contributed by atoms with Crippen molar-refractivity contribution in [3.8, 4) is 5.75 Å². The zero-order chi connectivity index (χ0) is 13.8. The Morgan fingerprint density at radius 1 is 1.42 bits per heavy atom. The van der Waals surface area contributed by atoms with Crippen molar-refractivity contribution in [3.63, 3.8) is 0 Å². The van der Waals surface area contributed by atoms with Crippen molar-refractivity contribution < 1.29 is 19.4 Å². The molecule has 1 aromatic carbocycles. The lowest BCUT2D eigenvalue weighted by Gasteiger charge is -2.20. The van der Waals surface area contributed by atoms with Crippen LogP contribution in [0.4, 0.5) is 0 Å². The maximum atomic E-state index is 12.3. The third-order valence-electron chi connectivity index (χ3n) is 3.04. The SMILES string of the molecule is CCCN(CC(=O)O)C(=O)c1ccc2c(c1)CCO2. The number of hydrogen-bond donors (Lipinski definition) is 1. The van der Waals surface area contributed by atoms with Crippen molar-refractivity contribution in [2.45, 2.75) is 19.8 Å². The number of carboxylic acid groups (broad SMARTS) is 1. The lowest BCUT2D eigenvalue weighted by Crippen LogP contribution is -2.36. The molecule has 1 aliphatic heterocycles. The highest BCUT2D eigenvalue weighted by atomic mass is 16.5. The molecule has 0 saturated carbocycles. The van der Waals surface area contributed by atoms with E-state index in [1.807, 2.05) is 6.92 Å². The van der Waals surface area contributed by atoms with Crippen molar-refractivity contribution in [1.29, 1.82) is 0 Å². The van der Waals surface area contributed by atoms with Gasteiger partial charge in [0.2, 0.25) is 0 Å². The van der Waals surface area contributed by atoms with Gasteiger partial charge < -0.3 is 14.7 Å². The van der Waals surface area contributed by atoms with Crippen LogP contribution in [0, 0.1) is 0 Å². The van der Waals surface area contributed by atoms with E-state index >= 15 is 0 Å². The Bertz CT molecular complexity index is 498. The highest BCUT2D eigenvalue weighted by Gasteiger charge is 2.20. The monoisotopic (exact) mass is 263 g/mol. The van der Waals surface area contributed by atoms with Gasteiger partial charge in [0.25, 0.3) is 5.91 Å². The summed E-state index contributed by atoms with van der Waals surface area (Å²) < 4.78 is 5.39. The molecule has 0 aromatic heterocycles. The first-order valence-corrected chi connectivity index (χ1v) is 6.38. The molecule has 1 N–H and O–H groups in total. The first-order valence-electron chi connectivity index (χ1n) is 6.38. The molecule has 0 aliphatic carbocycles. The summed E-state index contributed by atoms with van der Waals surface area (Å²) >= 11 is 0. The van der Waals surface area contributed by atoms with Crippen LogP contribution >= 0.6 is 0 Å². The second kappa shape index (κ2) is 5.73. The summed E-state index contributed by atoms with van der Waals surface area (Å²) in [5, 5.41) is 8.85. The van der Waals surface area contributed by atoms with Crippen LogP contribution in [0.15, 0.2) is 18.2 Å². The van der Waals surface area contributed by atoms with Gasteiger partial charge in [0.05, 0.1) is 6.61 Å². The summed E-state index contributed by atoms with van der Waals surface area (Å²) in [7, 11) is 0. The molecule has 0 unspecified atom stereocenters. The highest BCUT2D eigenvalue weighted by Crippen LogP contribution is 2.26. The number of fused-ring (bicyclic) bond motifs is 1. The second-order valence-electron chi connectivity index (χ2n) is 4.54. The van der Waals surface area contributed by atoms with Gasteiger partial charge in [0, 0.05) is 18.5 Å². The molecule has 0 atom stereocenters. The Hall–Kier alpha value is -2.04. The molecule has 0 fully saturated rings. The molecule has 19 heavy (non-hydrogen) atoms. The number of nitrogens with zero attached hydrogens (tertiary/aromatic N) is 1. The smallest absolute Gasteiger partial charge is 0.323 e. The number of amides is 1. The largest absolute Gasteiger partial charge is 0.493 e. The Labute approximate surface area is 111 Å². The van der Waals surface area contributed by atoms with Crippen molar-refractivity contribution in [2.75, 3.05) is 19.7 Å². The molecule has 2 rings (SSSR count). The maximum Gasteiger partial charge on any atom is 0.323 e. The van der Waals surface area contributed by atoms with Crippen molar-refractivity contribution >= 4 is 11.9 Å². The van der Waals surface area contributed by atoms with Crippen LogP contribution in [0.5, 0.6) is 5.75 Å². The molecule has 1 heterocycles. The fourth-order valence-corrected chi connectivity index (χ4v) is 2.19. The number of hydrogen-bond acceptors (Lipinski definition) is 3. The fourth-order valence-electron chi connectivity index (χ4n) is 2.19. The molecule has 0 radical (unpaired) electrons. The number of ether oxygens (including phenoxy) is 1. The fraction of sp³-hybridized carbons (Fsp3) is 0.429. The van der Waals surface area contributed by atoms with Gasteiger partial charge in [0.15, 0.2) is 0 Å². The van der Waals surface area contributed by atoms with Crippen molar-refractivity contribution in [2.24, 2.45) is 0 Å². The van der Waals surface area contributed by atoms with E-state index in [4.69, 9.17) is 9.84 Å². The van der Waals surface area contributed by atoms with Crippen LogP contribution in [-0.2, 0) is 11.2 Å². The average molecular weight is 263 g/mol. The van der Waals surface area contributed by atoms with Crippen LogP contribution < -0.4 is 4.74 Å². The van der Waals surface area contributed by atoms with Gasteiger partial charge in [-0.15, -0.1) is 0 Å². The molecule has 1 amide bonds. The minimum Gasteiger partial charge on any atom is -0.493 e. The molecule has 1 aromatic rings. The molecule has 0 bridgehead atoms. The maximum absolute atomic E-state index is 12.3. The van der Waals surface area contributed by atoms with E-state index in [-0.39, 0.29) is 12.5 Å². The topological polar surface area (TPSA) is 66.8 Å². The standard InChI is InChI=1S/C14H17NO4/c1-2-6-15(9-13(16)17)14(18)11-3-4-12-10(8-11)5-7-19-12/h3-4,8H,2,5-7,9H2,1H3,(H,16,17). The zero-order valence-corrected chi connectivity index (χ0v) is 10.9. The predicted molar refractivity (Wildman–Crippen MR) is 69.5 cm³/mol. The third kappa shape index (κ3) is 3.05. The minimum absolute atomic E-state index is 0.237. The van der Waals surface area contributed by atoms with Gasteiger partial charge in [0.1, 0.15) is 12.3 Å². The van der Waals surface area contributed by atoms with Gasteiger partial charge in [-0.3, -0.25) is 9.59 Å². The number of aliphatic carboxylic acids is 1. The van der Waals surface area contributed by atoms with Gasteiger partial charge in [-0.2, -0.15) is 0 Å². The molecule has 102 valence electrons. The van der Waals surface area contributed by atoms with Crippen LogP contribution in [0.3, 0.4) is 0 Å². The summed E-state index contributed by atoms with van der Waals surface area (Å²) in [5.41, 5.74) is 1.54. The van der Waals surface area contributed by atoms with Crippen LogP contribution in [-0.4, -0.2) is 41.6 Å². The number of carbonyl (C=O) groups is 2. The van der Waals surface area contributed by atoms with E-state index in [1.165, 1.54) is 4.90 Å². The van der Waals surface area contributed by atoms with Gasteiger partial charge in [-0.1, -0.05) is 6.92 Å². The first kappa shape index (κ1) is 13.4. The Balaban J connectivity index is 2.18. The Kier molecular flexibility index (Phi) is 4.04. The normalized spacial score (nSPS) is 12.7. The third-order valence-corrected chi connectivity index (χ3v) is 3.04. The van der Waals surface area contributed by atoms with Gasteiger partial charge in [-0.25, -0.2) is 0 Å². The van der Waals surface area contributed by atoms with E-state index in [1.54, 1.807) is 18.2 Å². The summed E-state index contributed by atoms with van der Waals surface area (Å²) in [6, 6.07) is 5.27. The average Bonchev–Trinajstić information content (AvgIpc) is 2.84. The molecular formula is C14H17NO4. The van der Waals surface area contributed by atoms with E-state index < -0.39 is 5.97 Å². The van der Waals surface area contributed by atoms with Crippen LogP contribution in [0.2, 0.25) is 0 Å². The lowest BCUT2D eigenvalue weighted by molar-refractivity contribution is -0.137. The van der Waals surface area contributed by atoms with Crippen molar-refractivity contribution in [1.82, 2.24) is 4.90 Å². The number of benzene rings is 1. The van der Waals surface area contributed by atoms with Gasteiger partial charge in [-0.05, 0) is 30.2 Å². The highest BCUT2D eigenvalue weighted by molar-refractivity contribution is 5.96. The second-order valence-corrected chi connectivity index (χ2v) is 4.54. The van der Waals surface area contributed by atoms with E-state index in [0.29, 0.717) is 18.7 Å². The molecule has 0 spiro atoms. The summed E-state index contributed by atoms with van der Waals surface area (Å²) in [4.78, 5) is 24.4. The number of carbonyl (C=O) groups excluding carboxylic acids is 1. The number of rotatable bonds is 5.